The molecule has 2 rings (SSSR count). The fraction of sp³-hybridized carbons (Fsp3) is 0.533. The number of hydrazine groups is 1. The van der Waals surface area contributed by atoms with Gasteiger partial charge in [-0.25, -0.2) is 5.84 Å². The van der Waals surface area contributed by atoms with Crippen LogP contribution in [0.25, 0.3) is 0 Å². The van der Waals surface area contributed by atoms with Crippen molar-refractivity contribution in [3.8, 4) is 0 Å². The van der Waals surface area contributed by atoms with E-state index in [1.165, 1.54) is 37.9 Å². The van der Waals surface area contributed by atoms with E-state index in [-0.39, 0.29) is 5.91 Å². The maximum Gasteiger partial charge on any atom is 0.265 e. The average molecular weight is 261 g/mol. The first-order chi connectivity index (χ1) is 9.22. The molecule has 1 aliphatic heterocycles. The summed E-state index contributed by atoms with van der Waals surface area (Å²) in [6, 6.07) is 7.68. The Balaban J connectivity index is 1.88. The second-order valence-electron chi connectivity index (χ2n) is 5.30. The SMILES string of the molecule is CCC1CCN(Cc2ccc(C(=O)NN)cc2)CC1. The van der Waals surface area contributed by atoms with Gasteiger partial charge in [-0.05, 0) is 49.5 Å². The number of nitrogens with one attached hydrogen (secondary N) is 1. The zero-order valence-corrected chi connectivity index (χ0v) is 11.6. The molecule has 0 radical (unpaired) electrons. The van der Waals surface area contributed by atoms with Crippen LogP contribution in [0.2, 0.25) is 0 Å². The molecule has 1 aromatic rings. The smallest absolute Gasteiger partial charge is 0.265 e. The van der Waals surface area contributed by atoms with Crippen LogP contribution >= 0.6 is 0 Å². The van der Waals surface area contributed by atoms with Crippen molar-refractivity contribution in [1.29, 1.82) is 0 Å². The zero-order chi connectivity index (χ0) is 13.7. The Labute approximate surface area is 114 Å². The maximum absolute atomic E-state index is 11.3. The van der Waals surface area contributed by atoms with Gasteiger partial charge in [0.2, 0.25) is 0 Å². The highest BCUT2D eigenvalue weighted by Crippen LogP contribution is 2.21. The van der Waals surface area contributed by atoms with Crippen LogP contribution in [0.3, 0.4) is 0 Å². The Morgan fingerprint density at radius 2 is 1.95 bits per heavy atom. The van der Waals surface area contributed by atoms with Crippen LogP contribution in [0.15, 0.2) is 24.3 Å². The summed E-state index contributed by atoms with van der Waals surface area (Å²) in [6.45, 7) is 5.62. The van der Waals surface area contributed by atoms with Crippen molar-refractivity contribution in [2.45, 2.75) is 32.7 Å². The molecule has 4 nitrogen and oxygen atoms in total. The molecule has 0 bridgehead atoms. The number of nitrogens with zero attached hydrogens (tertiary/aromatic N) is 1. The molecular weight excluding hydrogens is 238 g/mol. The molecule has 0 saturated carbocycles. The van der Waals surface area contributed by atoms with Crippen LogP contribution in [0.4, 0.5) is 0 Å². The lowest BCUT2D eigenvalue weighted by atomic mass is 9.94. The minimum Gasteiger partial charge on any atom is -0.299 e. The van der Waals surface area contributed by atoms with E-state index in [9.17, 15) is 4.79 Å². The first-order valence-electron chi connectivity index (χ1n) is 7.05. The molecule has 19 heavy (non-hydrogen) atoms. The van der Waals surface area contributed by atoms with E-state index < -0.39 is 0 Å². The van der Waals surface area contributed by atoms with Crippen LogP contribution in [0.5, 0.6) is 0 Å². The minimum atomic E-state index is -0.240. The molecule has 1 amide bonds. The molecule has 104 valence electrons. The molecule has 0 unspecified atom stereocenters. The molecule has 4 heteroatoms. The first-order valence-corrected chi connectivity index (χ1v) is 7.05. The number of hydrogen-bond donors (Lipinski definition) is 2. The second-order valence-corrected chi connectivity index (χ2v) is 5.30. The highest BCUT2D eigenvalue weighted by molar-refractivity contribution is 5.93. The van der Waals surface area contributed by atoms with Gasteiger partial charge in [0.05, 0.1) is 0 Å². The van der Waals surface area contributed by atoms with Crippen LogP contribution in [0.1, 0.15) is 42.1 Å². The van der Waals surface area contributed by atoms with Gasteiger partial charge in [0.1, 0.15) is 0 Å². The predicted molar refractivity (Wildman–Crippen MR) is 76.4 cm³/mol. The summed E-state index contributed by atoms with van der Waals surface area (Å²) in [7, 11) is 0. The van der Waals surface area contributed by atoms with E-state index in [1.807, 2.05) is 24.3 Å². The third-order valence-electron chi connectivity index (χ3n) is 4.04. The van der Waals surface area contributed by atoms with Crippen molar-refractivity contribution < 1.29 is 4.79 Å². The van der Waals surface area contributed by atoms with Crippen LogP contribution in [-0.4, -0.2) is 23.9 Å². The predicted octanol–water partition coefficient (Wildman–Crippen LogP) is 1.91. The molecule has 1 fully saturated rings. The third-order valence-corrected chi connectivity index (χ3v) is 4.04. The first kappa shape index (κ1) is 14.0. The van der Waals surface area contributed by atoms with Gasteiger partial charge in [0.25, 0.3) is 5.91 Å². The molecule has 1 aromatic carbocycles. The number of benzene rings is 1. The van der Waals surface area contributed by atoms with Crippen LogP contribution in [0, 0.1) is 5.92 Å². The lowest BCUT2D eigenvalue weighted by Crippen LogP contribution is -2.33. The summed E-state index contributed by atoms with van der Waals surface area (Å²) in [5.41, 5.74) is 4.00. The number of carbonyl (C=O) groups is 1. The number of rotatable bonds is 4. The average Bonchev–Trinajstić information content (AvgIpc) is 2.48. The molecule has 1 heterocycles. The summed E-state index contributed by atoms with van der Waals surface area (Å²) in [4.78, 5) is 13.8. The van der Waals surface area contributed by atoms with Gasteiger partial charge in [-0.15, -0.1) is 0 Å². The lowest BCUT2D eigenvalue weighted by Gasteiger charge is -2.31. The summed E-state index contributed by atoms with van der Waals surface area (Å²) in [6.07, 6.45) is 3.92. The van der Waals surface area contributed by atoms with E-state index in [4.69, 9.17) is 5.84 Å². The fourth-order valence-corrected chi connectivity index (χ4v) is 2.66. The monoisotopic (exact) mass is 261 g/mol. The van der Waals surface area contributed by atoms with E-state index in [0.717, 1.165) is 12.5 Å². The molecule has 0 aromatic heterocycles. The molecule has 3 N–H and O–H groups in total. The number of carbonyl (C=O) groups excluding carboxylic acids is 1. The van der Waals surface area contributed by atoms with Crippen molar-refractivity contribution in [3.63, 3.8) is 0 Å². The second kappa shape index (κ2) is 6.68. The molecule has 0 aliphatic carbocycles. The topological polar surface area (TPSA) is 58.4 Å². The highest BCUT2D eigenvalue weighted by atomic mass is 16.2. The normalized spacial score (nSPS) is 17.4. The number of piperidine rings is 1. The van der Waals surface area contributed by atoms with Gasteiger partial charge in [-0.3, -0.25) is 15.1 Å². The molecule has 1 aliphatic rings. The molecule has 0 spiro atoms. The molecular formula is C15H23N3O. The maximum atomic E-state index is 11.3. The Kier molecular flexibility index (Phi) is 4.93. The van der Waals surface area contributed by atoms with Crippen molar-refractivity contribution in [3.05, 3.63) is 35.4 Å². The number of likely N-dealkylation sites (tertiary alicyclic amines) is 1. The van der Waals surface area contributed by atoms with Gasteiger partial charge in [-0.1, -0.05) is 25.5 Å². The van der Waals surface area contributed by atoms with Crippen molar-refractivity contribution in [2.75, 3.05) is 13.1 Å². The van der Waals surface area contributed by atoms with Crippen LogP contribution < -0.4 is 11.3 Å². The quantitative estimate of drug-likeness (QED) is 0.494. The molecule has 1 saturated heterocycles. The summed E-state index contributed by atoms with van der Waals surface area (Å²) < 4.78 is 0. The Morgan fingerprint density at radius 3 is 2.47 bits per heavy atom. The summed E-state index contributed by atoms with van der Waals surface area (Å²) >= 11 is 0. The highest BCUT2D eigenvalue weighted by Gasteiger charge is 2.17. The number of amides is 1. The van der Waals surface area contributed by atoms with Gasteiger partial charge >= 0.3 is 0 Å². The number of nitrogen functional groups attached to an aromatic ring is 1. The molecule has 0 atom stereocenters. The van der Waals surface area contributed by atoms with Gasteiger partial charge < -0.3 is 0 Å². The lowest BCUT2D eigenvalue weighted by molar-refractivity contribution is 0.0953. The van der Waals surface area contributed by atoms with Crippen molar-refractivity contribution in [2.24, 2.45) is 11.8 Å². The number of nitrogens with two attached hydrogens (primary N) is 1. The third kappa shape index (κ3) is 3.78. The zero-order valence-electron chi connectivity index (χ0n) is 11.6. The number of hydrogen-bond acceptors (Lipinski definition) is 3. The van der Waals surface area contributed by atoms with E-state index in [2.05, 4.69) is 17.2 Å². The largest absolute Gasteiger partial charge is 0.299 e. The Morgan fingerprint density at radius 1 is 1.32 bits per heavy atom. The Hall–Kier alpha value is -1.39. The summed E-state index contributed by atoms with van der Waals surface area (Å²) in [5.74, 6) is 5.78. The van der Waals surface area contributed by atoms with Gasteiger partial charge in [0, 0.05) is 12.1 Å². The van der Waals surface area contributed by atoms with Gasteiger partial charge in [0.15, 0.2) is 0 Å². The van der Waals surface area contributed by atoms with Gasteiger partial charge in [-0.2, -0.15) is 0 Å². The minimum absolute atomic E-state index is 0.240. The van der Waals surface area contributed by atoms with E-state index in [1.54, 1.807) is 0 Å². The van der Waals surface area contributed by atoms with E-state index >= 15 is 0 Å². The standard InChI is InChI=1S/C15H23N3O/c1-2-12-7-9-18(10-8-12)11-13-3-5-14(6-4-13)15(19)17-16/h3-6,12H,2,7-11,16H2,1H3,(H,17,19). The van der Waals surface area contributed by atoms with Crippen molar-refractivity contribution >= 4 is 5.91 Å². The van der Waals surface area contributed by atoms with Crippen LogP contribution in [-0.2, 0) is 6.54 Å². The van der Waals surface area contributed by atoms with Crippen molar-refractivity contribution in [1.82, 2.24) is 10.3 Å². The Bertz CT molecular complexity index is 408. The summed E-state index contributed by atoms with van der Waals surface area (Å²) in [5, 5.41) is 0. The fourth-order valence-electron chi connectivity index (χ4n) is 2.66. The van der Waals surface area contributed by atoms with E-state index in [0.29, 0.717) is 5.56 Å².